The summed E-state index contributed by atoms with van der Waals surface area (Å²) in [6.07, 6.45) is 1.12. The van der Waals surface area contributed by atoms with Crippen LogP contribution in [0.25, 0.3) is 20.2 Å². The molecule has 1 aromatic carbocycles. The van der Waals surface area contributed by atoms with Gasteiger partial charge in [0.05, 0.1) is 15.8 Å². The zero-order valence-corrected chi connectivity index (χ0v) is 16.7. The van der Waals surface area contributed by atoms with Crippen LogP contribution < -0.4 is 11.3 Å². The highest BCUT2D eigenvalue weighted by Crippen LogP contribution is 2.33. The largest absolute Gasteiger partial charge is 0.369 e. The topological polar surface area (TPSA) is 98.3 Å². The highest BCUT2D eigenvalue weighted by Gasteiger charge is 2.30. The number of hydrogen-bond acceptors (Lipinski definition) is 5. The molecule has 0 saturated carbocycles. The van der Waals surface area contributed by atoms with Gasteiger partial charge in [-0.05, 0) is 32.8 Å². The Hall–Kier alpha value is -2.74. The second kappa shape index (κ2) is 7.01. The van der Waals surface area contributed by atoms with Crippen molar-refractivity contribution in [1.82, 2.24) is 14.7 Å². The zero-order chi connectivity index (χ0) is 20.0. The van der Waals surface area contributed by atoms with Crippen molar-refractivity contribution in [3.63, 3.8) is 0 Å². The number of hydrogen-bond donors (Lipinski definition) is 1. The molecule has 2 aromatic heterocycles. The van der Waals surface area contributed by atoms with E-state index in [1.165, 1.54) is 4.68 Å². The molecule has 0 bridgehead atoms. The fourth-order valence-electron chi connectivity index (χ4n) is 3.90. The lowest BCUT2D eigenvalue weighted by Gasteiger charge is -2.32. The number of primary amides is 1. The van der Waals surface area contributed by atoms with Gasteiger partial charge in [0.2, 0.25) is 11.8 Å². The molecule has 1 aliphatic heterocycles. The first-order chi connectivity index (χ1) is 13.4. The van der Waals surface area contributed by atoms with Gasteiger partial charge in [-0.15, -0.1) is 11.3 Å². The van der Waals surface area contributed by atoms with Gasteiger partial charge in [0.15, 0.2) is 0 Å². The number of fused-ring (bicyclic) bond motifs is 3. The van der Waals surface area contributed by atoms with Gasteiger partial charge in [0.1, 0.15) is 6.04 Å². The molecule has 2 N–H and O–H groups in total. The number of piperidine rings is 1. The molecule has 7 nitrogen and oxygen atoms in total. The molecule has 0 aliphatic carbocycles. The van der Waals surface area contributed by atoms with Crippen LogP contribution in [0.15, 0.2) is 29.1 Å². The molecule has 0 unspecified atom stereocenters. The third-order valence-electron chi connectivity index (χ3n) is 5.54. The van der Waals surface area contributed by atoms with E-state index in [-0.39, 0.29) is 23.3 Å². The standard InChI is InChI=1S/C20H22N4O3S/c1-11-17-16(14-5-3-4-6-15(14)28-17)20(27)24(22-11)12(2)19(26)23-9-7-13(8-10-23)18(21)25/h3-6,12-13H,7-10H2,1-2H3,(H2,21,25)/t12-/m1/s1. The molecule has 4 rings (SSSR count). The second-order valence-corrected chi connectivity index (χ2v) is 8.37. The number of nitrogens with zero attached hydrogens (tertiary/aromatic N) is 3. The lowest BCUT2D eigenvalue weighted by atomic mass is 9.96. The molecule has 1 fully saturated rings. The van der Waals surface area contributed by atoms with Gasteiger partial charge in [0, 0.05) is 29.1 Å². The SMILES string of the molecule is Cc1nn([C@H](C)C(=O)N2CCC(C(N)=O)CC2)c(=O)c2c1sc1ccccc12. The number of benzene rings is 1. The van der Waals surface area contributed by atoms with Crippen molar-refractivity contribution in [2.75, 3.05) is 13.1 Å². The number of rotatable bonds is 3. The van der Waals surface area contributed by atoms with E-state index in [1.54, 1.807) is 23.2 Å². The van der Waals surface area contributed by atoms with Crippen molar-refractivity contribution < 1.29 is 9.59 Å². The first kappa shape index (κ1) is 18.6. The molecular formula is C20H22N4O3S. The number of aromatic nitrogens is 2. The summed E-state index contributed by atoms with van der Waals surface area (Å²) in [5.41, 5.74) is 5.86. The number of carbonyl (C=O) groups is 2. The summed E-state index contributed by atoms with van der Waals surface area (Å²) in [7, 11) is 0. The maximum Gasteiger partial charge on any atom is 0.276 e. The molecule has 0 radical (unpaired) electrons. The Morgan fingerprint density at radius 3 is 2.61 bits per heavy atom. The quantitative estimate of drug-likeness (QED) is 0.731. The first-order valence-corrected chi connectivity index (χ1v) is 10.2. The number of thiophene rings is 1. The Bertz CT molecular complexity index is 1140. The van der Waals surface area contributed by atoms with Crippen molar-refractivity contribution in [2.45, 2.75) is 32.7 Å². The van der Waals surface area contributed by atoms with E-state index < -0.39 is 6.04 Å². The van der Waals surface area contributed by atoms with Gasteiger partial charge < -0.3 is 10.6 Å². The lowest BCUT2D eigenvalue weighted by molar-refractivity contribution is -0.137. The normalized spacial score (nSPS) is 16.6. The maximum absolute atomic E-state index is 13.2. The third-order valence-corrected chi connectivity index (χ3v) is 6.82. The predicted molar refractivity (Wildman–Crippen MR) is 109 cm³/mol. The smallest absolute Gasteiger partial charge is 0.276 e. The van der Waals surface area contributed by atoms with Gasteiger partial charge in [-0.25, -0.2) is 4.68 Å². The molecule has 0 spiro atoms. The molecule has 1 saturated heterocycles. The highest BCUT2D eigenvalue weighted by atomic mass is 32.1. The van der Waals surface area contributed by atoms with Crippen molar-refractivity contribution in [1.29, 1.82) is 0 Å². The average molecular weight is 398 g/mol. The predicted octanol–water partition coefficient (Wildman–Crippen LogP) is 2.20. The number of carbonyl (C=O) groups excluding carboxylic acids is 2. The molecule has 28 heavy (non-hydrogen) atoms. The van der Waals surface area contributed by atoms with Crippen LogP contribution in [0.5, 0.6) is 0 Å². The van der Waals surface area contributed by atoms with Crippen molar-refractivity contribution in [3.8, 4) is 0 Å². The molecule has 3 aromatic rings. The Kier molecular flexibility index (Phi) is 4.66. The molecule has 2 amide bonds. The van der Waals surface area contributed by atoms with Crippen LogP contribution in [0.1, 0.15) is 31.5 Å². The van der Waals surface area contributed by atoms with E-state index in [2.05, 4.69) is 5.10 Å². The van der Waals surface area contributed by atoms with Crippen LogP contribution in [0.4, 0.5) is 0 Å². The van der Waals surface area contributed by atoms with Crippen molar-refractivity contribution >= 4 is 43.3 Å². The summed E-state index contributed by atoms with van der Waals surface area (Å²) in [6.45, 7) is 4.50. The fraction of sp³-hybridized carbons (Fsp3) is 0.400. The van der Waals surface area contributed by atoms with E-state index in [9.17, 15) is 14.4 Å². The highest BCUT2D eigenvalue weighted by molar-refractivity contribution is 7.26. The summed E-state index contributed by atoms with van der Waals surface area (Å²) < 4.78 is 3.20. The van der Waals surface area contributed by atoms with Crippen LogP contribution >= 0.6 is 11.3 Å². The van der Waals surface area contributed by atoms with Crippen LogP contribution in [0.3, 0.4) is 0 Å². The minimum Gasteiger partial charge on any atom is -0.369 e. The van der Waals surface area contributed by atoms with Crippen molar-refractivity contribution in [2.24, 2.45) is 11.7 Å². The molecule has 1 aliphatic rings. The van der Waals surface area contributed by atoms with Gasteiger partial charge >= 0.3 is 0 Å². The van der Waals surface area contributed by atoms with Gasteiger partial charge in [-0.3, -0.25) is 14.4 Å². The van der Waals surface area contributed by atoms with E-state index in [0.717, 1.165) is 20.5 Å². The van der Waals surface area contributed by atoms with Crippen LogP contribution in [0.2, 0.25) is 0 Å². The lowest BCUT2D eigenvalue weighted by Crippen LogP contribution is -2.45. The monoisotopic (exact) mass is 398 g/mol. The van der Waals surface area contributed by atoms with Gasteiger partial charge in [-0.2, -0.15) is 5.10 Å². The number of nitrogens with two attached hydrogens (primary N) is 1. The van der Waals surface area contributed by atoms with Crippen molar-refractivity contribution in [3.05, 3.63) is 40.3 Å². The number of aryl methyl sites for hydroxylation is 1. The number of likely N-dealkylation sites (tertiary alicyclic amines) is 1. The molecule has 1 atom stereocenters. The summed E-state index contributed by atoms with van der Waals surface area (Å²) in [6, 6.07) is 7.06. The van der Waals surface area contributed by atoms with Crippen LogP contribution in [-0.2, 0) is 9.59 Å². The third kappa shape index (κ3) is 2.97. The zero-order valence-electron chi connectivity index (χ0n) is 15.8. The average Bonchev–Trinajstić information content (AvgIpc) is 3.10. The minimum atomic E-state index is -0.709. The Morgan fingerprint density at radius 2 is 1.93 bits per heavy atom. The molecule has 3 heterocycles. The van der Waals surface area contributed by atoms with Gasteiger partial charge in [-0.1, -0.05) is 18.2 Å². The summed E-state index contributed by atoms with van der Waals surface area (Å²) in [5.74, 6) is -0.657. The van der Waals surface area contributed by atoms with E-state index in [1.807, 2.05) is 31.2 Å². The molecule has 146 valence electrons. The second-order valence-electron chi connectivity index (χ2n) is 7.32. The Morgan fingerprint density at radius 1 is 1.25 bits per heavy atom. The summed E-state index contributed by atoms with van der Waals surface area (Å²) >= 11 is 1.55. The maximum atomic E-state index is 13.2. The summed E-state index contributed by atoms with van der Waals surface area (Å²) in [4.78, 5) is 39.2. The van der Waals surface area contributed by atoms with E-state index >= 15 is 0 Å². The Labute approximate surface area is 165 Å². The minimum absolute atomic E-state index is 0.157. The Balaban J connectivity index is 1.70. The van der Waals surface area contributed by atoms with Crippen LogP contribution in [0, 0.1) is 12.8 Å². The van der Waals surface area contributed by atoms with Gasteiger partial charge in [0.25, 0.3) is 5.56 Å². The summed E-state index contributed by atoms with van der Waals surface area (Å²) in [5, 5.41) is 5.97. The van der Waals surface area contributed by atoms with E-state index in [4.69, 9.17) is 5.73 Å². The van der Waals surface area contributed by atoms with Crippen LogP contribution in [-0.4, -0.2) is 39.6 Å². The molecular weight excluding hydrogens is 376 g/mol. The first-order valence-electron chi connectivity index (χ1n) is 9.37. The number of amides is 2. The molecule has 8 heteroatoms. The fourth-order valence-corrected chi connectivity index (χ4v) is 5.03. The van der Waals surface area contributed by atoms with E-state index in [0.29, 0.717) is 31.3 Å².